The normalized spacial score (nSPS) is 14.0. The van der Waals surface area contributed by atoms with Gasteiger partial charge >= 0.3 is 156 Å². The van der Waals surface area contributed by atoms with Gasteiger partial charge in [-0.15, -0.1) is 0 Å². The summed E-state index contributed by atoms with van der Waals surface area (Å²) in [5.41, 5.74) is 0. The molecule has 0 heterocycles. The van der Waals surface area contributed by atoms with Crippen LogP contribution in [0.5, 0.6) is 0 Å². The Labute approximate surface area is 156 Å². The van der Waals surface area contributed by atoms with Crippen LogP contribution in [0.3, 0.4) is 0 Å². The van der Waals surface area contributed by atoms with Crippen molar-refractivity contribution in [2.75, 3.05) is 12.3 Å². The molecule has 3 heteroatoms. The molecule has 1 aromatic rings. The number of hydrogen-bond donors (Lipinski definition) is 2. The summed E-state index contributed by atoms with van der Waals surface area (Å²) in [6, 6.07) is 9.65. The van der Waals surface area contributed by atoms with Crippen molar-refractivity contribution in [2.24, 2.45) is 11.8 Å². The standard InChI is InChI=1S/C22H41O2P/c1-20(2)14-8-6-12-18-25(23,24,22-16-10-5-11-17-22)19-13-7-9-15-21(3)4/h5,10-11,16-17,20-21,23-24H,6-9,12-15,18-19H2,1-4H3. The van der Waals surface area contributed by atoms with E-state index in [1.807, 2.05) is 30.3 Å². The fourth-order valence-corrected chi connectivity index (χ4v) is 6.87. The van der Waals surface area contributed by atoms with Gasteiger partial charge in [-0.1, -0.05) is 0 Å². The van der Waals surface area contributed by atoms with E-state index < -0.39 is 7.06 Å². The van der Waals surface area contributed by atoms with Crippen molar-refractivity contribution in [2.45, 2.75) is 79.1 Å². The number of unbranched alkanes of at least 4 members (excludes halogenated alkanes) is 4. The van der Waals surface area contributed by atoms with Crippen LogP contribution in [0, 0.1) is 11.8 Å². The Morgan fingerprint density at radius 3 is 1.52 bits per heavy atom. The molecule has 0 bridgehead atoms. The van der Waals surface area contributed by atoms with Gasteiger partial charge < -0.3 is 0 Å². The van der Waals surface area contributed by atoms with Gasteiger partial charge in [-0.05, 0) is 0 Å². The number of hydrogen-bond acceptors (Lipinski definition) is 2. The maximum absolute atomic E-state index is 11.5. The van der Waals surface area contributed by atoms with Crippen LogP contribution in [-0.2, 0) is 0 Å². The Bertz CT molecular complexity index is 446. The van der Waals surface area contributed by atoms with Gasteiger partial charge in [0.15, 0.2) is 0 Å². The molecule has 0 unspecified atom stereocenters. The summed E-state index contributed by atoms with van der Waals surface area (Å²) in [6.07, 6.45) is 9.96. The first kappa shape index (κ1) is 22.6. The second-order valence-corrected chi connectivity index (χ2v) is 12.9. The predicted octanol–water partition coefficient (Wildman–Crippen LogP) is 6.11. The third-order valence-electron chi connectivity index (χ3n) is 5.17. The Kier molecular flexibility index (Phi) is 9.64. The summed E-state index contributed by atoms with van der Waals surface area (Å²) < 4.78 is 0. The molecule has 25 heavy (non-hydrogen) atoms. The molecule has 0 aliphatic heterocycles. The topological polar surface area (TPSA) is 40.5 Å². The van der Waals surface area contributed by atoms with Crippen molar-refractivity contribution in [1.82, 2.24) is 0 Å². The second kappa shape index (κ2) is 10.7. The summed E-state index contributed by atoms with van der Waals surface area (Å²) in [5.74, 6) is 1.46. The van der Waals surface area contributed by atoms with Gasteiger partial charge in [0.2, 0.25) is 0 Å². The first-order valence-corrected chi connectivity index (χ1v) is 12.8. The molecule has 2 nitrogen and oxygen atoms in total. The molecule has 146 valence electrons. The predicted molar refractivity (Wildman–Crippen MR) is 114 cm³/mol. The molecule has 0 atom stereocenters. The van der Waals surface area contributed by atoms with Crippen LogP contribution >= 0.6 is 7.06 Å². The van der Waals surface area contributed by atoms with E-state index in [1.165, 1.54) is 25.7 Å². The average molecular weight is 369 g/mol. The van der Waals surface area contributed by atoms with E-state index in [-0.39, 0.29) is 0 Å². The van der Waals surface area contributed by atoms with E-state index in [1.54, 1.807) is 0 Å². The molecular formula is C22H41O2P. The molecule has 0 spiro atoms. The summed E-state index contributed by atoms with van der Waals surface area (Å²) >= 11 is 0. The SMILES string of the molecule is CC(C)CCCCCP(O)(O)(CCCCCC(C)C)c1ccccc1. The Balaban J connectivity index is 2.64. The zero-order valence-electron chi connectivity index (χ0n) is 17.0. The van der Waals surface area contributed by atoms with Gasteiger partial charge in [-0.25, -0.2) is 0 Å². The van der Waals surface area contributed by atoms with Crippen LogP contribution in [0.15, 0.2) is 30.3 Å². The van der Waals surface area contributed by atoms with Gasteiger partial charge in [0.1, 0.15) is 0 Å². The molecule has 0 aromatic heterocycles. The molecule has 0 aliphatic rings. The molecule has 0 saturated carbocycles. The van der Waals surface area contributed by atoms with E-state index in [0.717, 1.165) is 42.8 Å². The van der Waals surface area contributed by atoms with Crippen molar-refractivity contribution >= 4 is 12.4 Å². The van der Waals surface area contributed by atoms with Gasteiger partial charge in [-0.2, -0.15) is 0 Å². The van der Waals surface area contributed by atoms with Gasteiger partial charge in [0.25, 0.3) is 0 Å². The van der Waals surface area contributed by atoms with Crippen molar-refractivity contribution in [3.63, 3.8) is 0 Å². The molecule has 0 saturated heterocycles. The Morgan fingerprint density at radius 1 is 0.680 bits per heavy atom. The van der Waals surface area contributed by atoms with Crippen LogP contribution < -0.4 is 5.30 Å². The van der Waals surface area contributed by atoms with Crippen molar-refractivity contribution in [3.05, 3.63) is 30.3 Å². The molecule has 1 rings (SSSR count). The zero-order valence-corrected chi connectivity index (χ0v) is 17.8. The maximum atomic E-state index is 11.5. The summed E-state index contributed by atoms with van der Waals surface area (Å²) in [7, 11) is -3.77. The minimum atomic E-state index is -3.77. The quantitative estimate of drug-likeness (QED) is 0.326. The van der Waals surface area contributed by atoms with E-state index in [2.05, 4.69) is 27.7 Å². The first-order valence-electron chi connectivity index (χ1n) is 10.3. The number of benzene rings is 1. The minimum absolute atomic E-state index is 0.553. The molecule has 1 aromatic carbocycles. The average Bonchev–Trinajstić information content (AvgIpc) is 2.54. The fourth-order valence-electron chi connectivity index (χ4n) is 3.49. The monoisotopic (exact) mass is 368 g/mol. The zero-order chi connectivity index (χ0) is 18.8. The van der Waals surface area contributed by atoms with Crippen LogP contribution in [0.25, 0.3) is 0 Å². The first-order chi connectivity index (χ1) is 11.7. The van der Waals surface area contributed by atoms with Gasteiger partial charge in [0, 0.05) is 0 Å². The van der Waals surface area contributed by atoms with Gasteiger partial charge in [0.05, 0.1) is 0 Å². The summed E-state index contributed by atoms with van der Waals surface area (Å²) in [5, 5.41) is 0.779. The Morgan fingerprint density at radius 2 is 1.12 bits per heavy atom. The van der Waals surface area contributed by atoms with Crippen LogP contribution in [0.2, 0.25) is 0 Å². The van der Waals surface area contributed by atoms with Crippen LogP contribution in [0.1, 0.15) is 79.1 Å². The van der Waals surface area contributed by atoms with E-state index in [4.69, 9.17) is 0 Å². The molecule has 0 aliphatic carbocycles. The summed E-state index contributed by atoms with van der Waals surface area (Å²) in [4.78, 5) is 22.9. The van der Waals surface area contributed by atoms with E-state index in [0.29, 0.717) is 12.3 Å². The Hall–Kier alpha value is -0.430. The molecule has 2 N–H and O–H groups in total. The molecule has 0 amide bonds. The second-order valence-electron chi connectivity index (χ2n) is 8.66. The van der Waals surface area contributed by atoms with Crippen molar-refractivity contribution in [1.29, 1.82) is 0 Å². The summed E-state index contributed by atoms with van der Waals surface area (Å²) in [6.45, 7) is 9.00. The van der Waals surface area contributed by atoms with E-state index >= 15 is 0 Å². The third-order valence-corrected chi connectivity index (χ3v) is 9.17. The molecule has 0 fully saturated rings. The molecule has 0 radical (unpaired) electrons. The van der Waals surface area contributed by atoms with Gasteiger partial charge in [-0.3, -0.25) is 0 Å². The van der Waals surface area contributed by atoms with Crippen molar-refractivity contribution in [3.8, 4) is 0 Å². The van der Waals surface area contributed by atoms with Crippen LogP contribution in [-0.4, -0.2) is 22.1 Å². The fraction of sp³-hybridized carbons (Fsp3) is 0.727. The van der Waals surface area contributed by atoms with E-state index in [9.17, 15) is 9.79 Å². The van der Waals surface area contributed by atoms with Crippen LogP contribution in [0.4, 0.5) is 0 Å². The molecular weight excluding hydrogens is 327 g/mol. The third kappa shape index (κ3) is 8.67. The van der Waals surface area contributed by atoms with Crippen molar-refractivity contribution < 1.29 is 9.79 Å². The number of rotatable bonds is 13.